The van der Waals surface area contributed by atoms with Gasteiger partial charge in [0.15, 0.2) is 11.9 Å². The molecule has 0 radical (unpaired) electrons. The van der Waals surface area contributed by atoms with Gasteiger partial charge in [0.2, 0.25) is 0 Å². The number of ether oxygens (including phenoxy) is 1. The van der Waals surface area contributed by atoms with Gasteiger partial charge in [-0.15, -0.1) is 0 Å². The summed E-state index contributed by atoms with van der Waals surface area (Å²) in [6, 6.07) is 14.6. The predicted octanol–water partition coefficient (Wildman–Crippen LogP) is 2.26. The average molecular weight is 395 g/mol. The molecule has 0 spiro atoms. The fraction of sp³-hybridized carbons (Fsp3) is 0.318. The van der Waals surface area contributed by atoms with Gasteiger partial charge in [0.1, 0.15) is 5.75 Å². The first-order chi connectivity index (χ1) is 13.9. The zero-order chi connectivity index (χ0) is 20.8. The number of ketones is 1. The number of hydrogen-bond acceptors (Lipinski definition) is 5. The van der Waals surface area contributed by atoms with Crippen LogP contribution in [0.3, 0.4) is 0 Å². The molecule has 0 aliphatic carbocycles. The maximum Gasteiger partial charge on any atom is 0.279 e. The molecule has 29 heavy (non-hydrogen) atoms. The lowest BCUT2D eigenvalue weighted by atomic mass is 10.0. The normalized spacial score (nSPS) is 13.8. The van der Waals surface area contributed by atoms with Gasteiger partial charge in [-0.05, 0) is 62.6 Å². The molecule has 1 aliphatic rings. The summed E-state index contributed by atoms with van der Waals surface area (Å²) >= 11 is 0. The van der Waals surface area contributed by atoms with Gasteiger partial charge >= 0.3 is 0 Å². The van der Waals surface area contributed by atoms with Gasteiger partial charge in [0, 0.05) is 17.8 Å². The topological polar surface area (TPSA) is 87.7 Å². The van der Waals surface area contributed by atoms with Gasteiger partial charge in [-0.2, -0.15) is 0 Å². The van der Waals surface area contributed by atoms with E-state index >= 15 is 0 Å². The molecule has 0 aromatic heterocycles. The first-order valence-electron chi connectivity index (χ1n) is 9.63. The summed E-state index contributed by atoms with van der Waals surface area (Å²) in [5.74, 6) is -0.337. The molecule has 2 N–H and O–H groups in total. The number of hydrogen-bond donors (Lipinski definition) is 2. The number of benzene rings is 2. The minimum atomic E-state index is -0.811. The van der Waals surface area contributed by atoms with Gasteiger partial charge in [0.25, 0.3) is 11.8 Å². The van der Waals surface area contributed by atoms with Crippen molar-refractivity contribution in [2.75, 3.05) is 18.0 Å². The van der Waals surface area contributed by atoms with Crippen LogP contribution in [0.5, 0.6) is 5.75 Å². The van der Waals surface area contributed by atoms with Gasteiger partial charge in [0.05, 0.1) is 6.54 Å². The Morgan fingerprint density at radius 3 is 2.52 bits per heavy atom. The van der Waals surface area contributed by atoms with Crippen LogP contribution in [0.25, 0.3) is 0 Å². The Hall–Kier alpha value is -3.35. The summed E-state index contributed by atoms with van der Waals surface area (Å²) in [7, 11) is 0. The monoisotopic (exact) mass is 395 g/mol. The third-order valence-corrected chi connectivity index (χ3v) is 4.81. The van der Waals surface area contributed by atoms with Crippen LogP contribution < -0.4 is 20.5 Å². The molecule has 1 heterocycles. The van der Waals surface area contributed by atoms with Crippen LogP contribution in [0.1, 0.15) is 36.2 Å². The SMILES string of the molecule is CC(=O)c1ccc(OC(C)C(=O)NNC(=O)CN2CCCc3ccccc32)cc1. The Balaban J connectivity index is 1.47. The largest absolute Gasteiger partial charge is 0.481 e. The van der Waals surface area contributed by atoms with Crippen molar-refractivity contribution in [1.82, 2.24) is 10.9 Å². The molecule has 1 aliphatic heterocycles. The van der Waals surface area contributed by atoms with Crippen molar-refractivity contribution < 1.29 is 19.1 Å². The maximum atomic E-state index is 12.3. The lowest BCUT2D eigenvalue weighted by Crippen LogP contribution is -2.50. The Morgan fingerprint density at radius 2 is 1.79 bits per heavy atom. The lowest BCUT2D eigenvalue weighted by Gasteiger charge is -2.30. The van der Waals surface area contributed by atoms with E-state index in [1.54, 1.807) is 31.2 Å². The highest BCUT2D eigenvalue weighted by Crippen LogP contribution is 2.26. The summed E-state index contributed by atoms with van der Waals surface area (Å²) in [4.78, 5) is 37.8. The third-order valence-electron chi connectivity index (χ3n) is 4.81. The molecule has 152 valence electrons. The van der Waals surface area contributed by atoms with E-state index in [0.29, 0.717) is 11.3 Å². The number of nitrogens with zero attached hydrogens (tertiary/aromatic N) is 1. The molecule has 2 aromatic rings. The Kier molecular flexibility index (Phi) is 6.49. The predicted molar refractivity (Wildman–Crippen MR) is 110 cm³/mol. The van der Waals surface area contributed by atoms with Crippen molar-refractivity contribution in [3.8, 4) is 5.75 Å². The van der Waals surface area contributed by atoms with Crippen molar-refractivity contribution in [3.05, 3.63) is 59.7 Å². The molecule has 7 heteroatoms. The zero-order valence-electron chi connectivity index (χ0n) is 16.6. The molecule has 2 aromatic carbocycles. The quantitative estimate of drug-likeness (QED) is 0.579. The van der Waals surface area contributed by atoms with Gasteiger partial charge in [-0.25, -0.2) is 0 Å². The fourth-order valence-electron chi connectivity index (χ4n) is 3.25. The second-order valence-corrected chi connectivity index (χ2v) is 7.03. The number of nitrogens with one attached hydrogen (secondary N) is 2. The number of anilines is 1. The van der Waals surface area contributed by atoms with E-state index in [-0.39, 0.29) is 18.2 Å². The van der Waals surface area contributed by atoms with E-state index in [2.05, 4.69) is 16.9 Å². The molecular formula is C22H25N3O4. The van der Waals surface area contributed by atoms with Crippen LogP contribution in [0.15, 0.2) is 48.5 Å². The van der Waals surface area contributed by atoms with Crippen LogP contribution in [0.2, 0.25) is 0 Å². The molecule has 7 nitrogen and oxygen atoms in total. The minimum Gasteiger partial charge on any atom is -0.481 e. The molecule has 0 saturated heterocycles. The van der Waals surface area contributed by atoms with Crippen molar-refractivity contribution >= 4 is 23.3 Å². The number of carbonyl (C=O) groups excluding carboxylic acids is 3. The number of hydrazine groups is 1. The zero-order valence-corrected chi connectivity index (χ0v) is 16.6. The number of para-hydroxylation sites is 1. The Morgan fingerprint density at radius 1 is 1.07 bits per heavy atom. The standard InChI is InChI=1S/C22H25N3O4/c1-15(26)17-9-11-19(12-10-17)29-16(2)22(28)24-23-21(27)14-25-13-5-7-18-6-3-4-8-20(18)25/h3-4,6,8-12,16H,5,7,13-14H2,1-2H3,(H,23,27)(H,24,28). The van der Waals surface area contributed by atoms with Crippen molar-refractivity contribution in [1.29, 1.82) is 0 Å². The lowest BCUT2D eigenvalue weighted by molar-refractivity contribution is -0.132. The number of fused-ring (bicyclic) bond motifs is 1. The smallest absolute Gasteiger partial charge is 0.279 e. The molecular weight excluding hydrogens is 370 g/mol. The van der Waals surface area contributed by atoms with Gasteiger partial charge in [-0.3, -0.25) is 25.2 Å². The third kappa shape index (κ3) is 5.34. The summed E-state index contributed by atoms with van der Waals surface area (Å²) in [6.07, 6.45) is 1.19. The van der Waals surface area contributed by atoms with Gasteiger partial charge in [-0.1, -0.05) is 18.2 Å². The minimum absolute atomic E-state index is 0.0404. The molecule has 1 unspecified atom stereocenters. The Labute approximate surface area is 170 Å². The first kappa shape index (κ1) is 20.4. The molecule has 3 rings (SSSR count). The molecule has 0 bridgehead atoms. The highest BCUT2D eigenvalue weighted by molar-refractivity contribution is 5.94. The summed E-state index contributed by atoms with van der Waals surface area (Å²) in [5.41, 5.74) is 7.71. The van der Waals surface area contributed by atoms with Crippen LogP contribution in [0.4, 0.5) is 5.69 Å². The molecule has 0 saturated carbocycles. The van der Waals surface area contributed by atoms with E-state index in [4.69, 9.17) is 4.74 Å². The van der Waals surface area contributed by atoms with E-state index < -0.39 is 12.0 Å². The number of aryl methyl sites for hydroxylation is 1. The fourth-order valence-corrected chi connectivity index (χ4v) is 3.25. The second-order valence-electron chi connectivity index (χ2n) is 7.03. The van der Waals surface area contributed by atoms with Crippen LogP contribution in [0, 0.1) is 0 Å². The first-order valence-corrected chi connectivity index (χ1v) is 9.63. The number of amides is 2. The summed E-state index contributed by atoms with van der Waals surface area (Å²) < 4.78 is 5.55. The van der Waals surface area contributed by atoms with Gasteiger partial charge < -0.3 is 9.64 Å². The van der Waals surface area contributed by atoms with Crippen molar-refractivity contribution in [3.63, 3.8) is 0 Å². The molecule has 2 amide bonds. The number of carbonyl (C=O) groups is 3. The van der Waals surface area contributed by atoms with E-state index in [0.717, 1.165) is 25.1 Å². The van der Waals surface area contributed by atoms with E-state index in [1.807, 2.05) is 23.1 Å². The summed E-state index contributed by atoms with van der Waals surface area (Å²) in [6.45, 7) is 4.03. The van der Waals surface area contributed by atoms with Crippen LogP contribution in [-0.4, -0.2) is 36.8 Å². The number of Topliss-reactive ketones (excluding diaryl/α,β-unsaturated/α-hetero) is 1. The van der Waals surface area contributed by atoms with Crippen LogP contribution in [-0.2, 0) is 16.0 Å². The second kappa shape index (κ2) is 9.23. The number of rotatable bonds is 6. The maximum absolute atomic E-state index is 12.3. The average Bonchev–Trinajstić information content (AvgIpc) is 2.72. The highest BCUT2D eigenvalue weighted by atomic mass is 16.5. The van der Waals surface area contributed by atoms with Crippen molar-refractivity contribution in [2.45, 2.75) is 32.8 Å². The Bertz CT molecular complexity index is 895. The highest BCUT2D eigenvalue weighted by Gasteiger charge is 2.20. The molecule has 0 fully saturated rings. The van der Waals surface area contributed by atoms with E-state index in [1.165, 1.54) is 12.5 Å². The van der Waals surface area contributed by atoms with Crippen LogP contribution >= 0.6 is 0 Å². The van der Waals surface area contributed by atoms with Crippen molar-refractivity contribution in [2.24, 2.45) is 0 Å². The summed E-state index contributed by atoms with van der Waals surface area (Å²) in [5, 5.41) is 0. The molecule has 1 atom stereocenters. The van der Waals surface area contributed by atoms with E-state index in [9.17, 15) is 14.4 Å².